The van der Waals surface area contributed by atoms with Gasteiger partial charge in [0.1, 0.15) is 0 Å². The summed E-state index contributed by atoms with van der Waals surface area (Å²) >= 11 is 0.168. The number of nitrogens with zero attached hydrogens (tertiary/aromatic N) is 1. The Morgan fingerprint density at radius 2 is 1.69 bits per heavy atom. The summed E-state index contributed by atoms with van der Waals surface area (Å²) in [7, 11) is 0. The summed E-state index contributed by atoms with van der Waals surface area (Å²) in [6.45, 7) is 0. The van der Waals surface area contributed by atoms with Gasteiger partial charge in [0.2, 0.25) is 5.91 Å². The molecule has 2 rings (SSSR count). The average molecular weight is 456 g/mol. The topological polar surface area (TPSA) is 72.2 Å². The third kappa shape index (κ3) is 6.85. The number of nitrogens with one attached hydrogen (secondary N) is 1. The zero-order chi connectivity index (χ0) is 21.8. The molecule has 0 aliphatic carbocycles. The van der Waals surface area contributed by atoms with Crippen LogP contribution in [0.5, 0.6) is 0 Å². The summed E-state index contributed by atoms with van der Waals surface area (Å²) in [6, 6.07) is 7.02. The quantitative estimate of drug-likeness (QED) is 0.252. The Bertz CT molecular complexity index is 918. The third-order valence-corrected chi connectivity index (χ3v) is 5.10. The normalized spacial score (nSPS) is 11.9. The second-order valence-corrected chi connectivity index (χ2v) is 7.44. The first kappa shape index (κ1) is 22.9. The lowest BCUT2D eigenvalue weighted by molar-refractivity contribution is -0.388. The number of benzene rings is 2. The molecule has 0 unspecified atom stereocenters. The van der Waals surface area contributed by atoms with Crippen LogP contribution in [0.2, 0.25) is 0 Å². The zero-order valence-electron chi connectivity index (χ0n) is 14.0. The summed E-state index contributed by atoms with van der Waals surface area (Å²) in [6.07, 6.45) is -4.77. The number of thioether (sulfide) groups is 2. The molecule has 2 aromatic rings. The van der Waals surface area contributed by atoms with Crippen molar-refractivity contribution >= 4 is 40.8 Å². The SMILES string of the molecule is O=C(CSc1ccc(C(F)(F)F)cc1[N+](=O)[O-])Nc1ccccc1SC(F)(F)F. The van der Waals surface area contributed by atoms with Gasteiger partial charge in [0.15, 0.2) is 0 Å². The molecule has 0 bridgehead atoms. The third-order valence-electron chi connectivity index (χ3n) is 3.23. The summed E-state index contributed by atoms with van der Waals surface area (Å²) < 4.78 is 75.8. The van der Waals surface area contributed by atoms with E-state index >= 15 is 0 Å². The Kier molecular flexibility index (Phi) is 7.06. The predicted molar refractivity (Wildman–Crippen MR) is 95.8 cm³/mol. The van der Waals surface area contributed by atoms with Crippen LogP contribution in [-0.4, -0.2) is 22.1 Å². The molecule has 0 aliphatic rings. The molecule has 0 aromatic heterocycles. The Hall–Kier alpha value is -2.41. The first-order chi connectivity index (χ1) is 13.4. The lowest BCUT2D eigenvalue weighted by atomic mass is 10.2. The van der Waals surface area contributed by atoms with E-state index in [1.165, 1.54) is 18.2 Å². The molecule has 29 heavy (non-hydrogen) atoms. The number of halogens is 6. The maximum absolute atomic E-state index is 12.7. The summed E-state index contributed by atoms with van der Waals surface area (Å²) in [5.41, 5.74) is -6.72. The lowest BCUT2D eigenvalue weighted by Gasteiger charge is -2.12. The molecule has 0 atom stereocenters. The van der Waals surface area contributed by atoms with Crippen molar-refractivity contribution in [3.05, 3.63) is 58.1 Å². The van der Waals surface area contributed by atoms with Crippen LogP contribution in [-0.2, 0) is 11.0 Å². The van der Waals surface area contributed by atoms with Crippen LogP contribution in [0.25, 0.3) is 0 Å². The monoisotopic (exact) mass is 456 g/mol. The van der Waals surface area contributed by atoms with Crippen molar-refractivity contribution in [1.82, 2.24) is 0 Å². The van der Waals surface area contributed by atoms with Gasteiger partial charge in [0.25, 0.3) is 5.69 Å². The van der Waals surface area contributed by atoms with Crippen molar-refractivity contribution < 1.29 is 36.1 Å². The lowest BCUT2D eigenvalue weighted by Crippen LogP contribution is -2.15. The predicted octanol–water partition coefficient (Wildman–Crippen LogP) is 5.96. The number of rotatable bonds is 6. The van der Waals surface area contributed by atoms with Crippen LogP contribution in [0.1, 0.15) is 5.56 Å². The highest BCUT2D eigenvalue weighted by Crippen LogP contribution is 2.40. The van der Waals surface area contributed by atoms with E-state index in [1.807, 2.05) is 0 Å². The van der Waals surface area contributed by atoms with Crippen LogP contribution in [0.3, 0.4) is 0 Å². The van der Waals surface area contributed by atoms with Crippen LogP contribution >= 0.6 is 23.5 Å². The minimum Gasteiger partial charge on any atom is -0.324 e. The molecule has 0 fully saturated rings. The van der Waals surface area contributed by atoms with Crippen LogP contribution in [0, 0.1) is 10.1 Å². The van der Waals surface area contributed by atoms with Gasteiger partial charge in [-0.1, -0.05) is 12.1 Å². The Morgan fingerprint density at radius 1 is 1.03 bits per heavy atom. The molecule has 1 amide bonds. The molecule has 0 radical (unpaired) electrons. The highest BCUT2D eigenvalue weighted by atomic mass is 32.2. The number of hydrogen-bond acceptors (Lipinski definition) is 5. The number of nitro groups is 1. The van der Waals surface area contributed by atoms with Crippen molar-refractivity contribution in [3.63, 3.8) is 0 Å². The van der Waals surface area contributed by atoms with E-state index in [0.717, 1.165) is 12.1 Å². The van der Waals surface area contributed by atoms with Crippen molar-refractivity contribution in [2.75, 3.05) is 11.1 Å². The van der Waals surface area contributed by atoms with Crippen LogP contribution in [0.4, 0.5) is 37.7 Å². The summed E-state index contributed by atoms with van der Waals surface area (Å²) in [4.78, 5) is 21.6. The number of hydrogen-bond donors (Lipinski definition) is 1. The Morgan fingerprint density at radius 3 is 2.28 bits per heavy atom. The van der Waals surface area contributed by atoms with Gasteiger partial charge in [0, 0.05) is 11.0 Å². The van der Waals surface area contributed by atoms with E-state index in [4.69, 9.17) is 0 Å². The molecule has 156 valence electrons. The van der Waals surface area contributed by atoms with Gasteiger partial charge in [-0.05, 0) is 36.0 Å². The van der Waals surface area contributed by atoms with Crippen molar-refractivity contribution in [1.29, 1.82) is 0 Å². The minimum atomic E-state index is -4.77. The fraction of sp³-hybridized carbons (Fsp3) is 0.188. The van der Waals surface area contributed by atoms with E-state index < -0.39 is 51.3 Å². The number of para-hydroxylation sites is 1. The zero-order valence-corrected chi connectivity index (χ0v) is 15.6. The maximum Gasteiger partial charge on any atom is 0.446 e. The minimum absolute atomic E-state index is 0.109. The van der Waals surface area contributed by atoms with Gasteiger partial charge in [-0.15, -0.1) is 11.8 Å². The van der Waals surface area contributed by atoms with Crippen LogP contribution < -0.4 is 5.32 Å². The number of anilines is 1. The van der Waals surface area contributed by atoms with Gasteiger partial charge < -0.3 is 5.32 Å². The highest BCUT2D eigenvalue weighted by molar-refractivity contribution is 8.00. The fourth-order valence-electron chi connectivity index (χ4n) is 2.07. The van der Waals surface area contributed by atoms with Gasteiger partial charge >= 0.3 is 11.7 Å². The molecular formula is C16H10F6N2O3S2. The highest BCUT2D eigenvalue weighted by Gasteiger charge is 2.33. The number of carbonyl (C=O) groups excluding carboxylic acids is 1. The molecule has 0 saturated carbocycles. The summed E-state index contributed by atoms with van der Waals surface area (Å²) in [5, 5.41) is 13.3. The first-order valence-corrected chi connectivity index (χ1v) is 9.30. The molecule has 5 nitrogen and oxygen atoms in total. The molecule has 0 saturated heterocycles. The molecule has 0 spiro atoms. The van der Waals surface area contributed by atoms with Crippen molar-refractivity contribution in [3.8, 4) is 0 Å². The maximum atomic E-state index is 12.7. The van der Waals surface area contributed by atoms with E-state index in [1.54, 1.807) is 0 Å². The first-order valence-electron chi connectivity index (χ1n) is 7.50. The second kappa shape index (κ2) is 8.95. The number of carbonyl (C=O) groups is 1. The van der Waals surface area contributed by atoms with E-state index in [0.29, 0.717) is 23.9 Å². The molecular weight excluding hydrogens is 446 g/mol. The molecule has 13 heteroatoms. The fourth-order valence-corrected chi connectivity index (χ4v) is 3.50. The van der Waals surface area contributed by atoms with Gasteiger partial charge in [-0.2, -0.15) is 26.3 Å². The van der Waals surface area contributed by atoms with Gasteiger partial charge in [0.05, 0.1) is 26.8 Å². The number of amides is 1. The van der Waals surface area contributed by atoms with Gasteiger partial charge in [-0.25, -0.2) is 0 Å². The molecule has 0 aliphatic heterocycles. The van der Waals surface area contributed by atoms with E-state index in [2.05, 4.69) is 5.32 Å². The Labute approximate surface area is 168 Å². The van der Waals surface area contributed by atoms with E-state index in [-0.39, 0.29) is 15.5 Å². The molecule has 2 aromatic carbocycles. The Balaban J connectivity index is 2.11. The van der Waals surface area contributed by atoms with E-state index in [9.17, 15) is 41.3 Å². The smallest absolute Gasteiger partial charge is 0.324 e. The molecule has 1 N–H and O–H groups in total. The summed E-state index contributed by atoms with van der Waals surface area (Å²) in [5.74, 6) is -1.24. The largest absolute Gasteiger partial charge is 0.446 e. The molecule has 0 heterocycles. The number of alkyl halides is 6. The standard InChI is InChI=1S/C16H10F6N2O3S2/c17-15(18,19)9-5-6-13(11(7-9)24(26)27)28-8-14(25)23-10-3-1-2-4-12(10)29-16(20,21)22/h1-7H,8H2,(H,23,25). The van der Waals surface area contributed by atoms with Crippen molar-refractivity contribution in [2.24, 2.45) is 0 Å². The van der Waals surface area contributed by atoms with Crippen molar-refractivity contribution in [2.45, 2.75) is 21.5 Å². The van der Waals surface area contributed by atoms with Gasteiger partial charge in [-0.3, -0.25) is 14.9 Å². The second-order valence-electron chi connectivity index (χ2n) is 5.32. The number of nitro benzene ring substituents is 1. The average Bonchev–Trinajstić information content (AvgIpc) is 2.59. The van der Waals surface area contributed by atoms with Crippen LogP contribution in [0.15, 0.2) is 52.3 Å².